The summed E-state index contributed by atoms with van der Waals surface area (Å²) in [6, 6.07) is 7.28. The van der Waals surface area contributed by atoms with E-state index in [0.717, 1.165) is 11.1 Å². The Morgan fingerprint density at radius 1 is 1.14 bits per heavy atom. The second-order valence-electron chi connectivity index (χ2n) is 5.18. The van der Waals surface area contributed by atoms with Crippen LogP contribution in [-0.2, 0) is 25.5 Å². The summed E-state index contributed by atoms with van der Waals surface area (Å²) < 4.78 is 4.98. The zero-order chi connectivity index (χ0) is 16.5. The third kappa shape index (κ3) is 6.08. The largest absolute Gasteiger partial charge is 0.481 e. The molecule has 5 heteroatoms. The van der Waals surface area contributed by atoms with Gasteiger partial charge in [0.2, 0.25) is 0 Å². The Bertz CT molecular complexity index is 518. The summed E-state index contributed by atoms with van der Waals surface area (Å²) in [7, 11) is 0. The van der Waals surface area contributed by atoms with Crippen molar-refractivity contribution in [1.82, 2.24) is 0 Å². The fourth-order valence-corrected chi connectivity index (χ4v) is 2.08. The maximum Gasteiger partial charge on any atom is 0.313 e. The summed E-state index contributed by atoms with van der Waals surface area (Å²) >= 11 is 0. The zero-order valence-electron chi connectivity index (χ0n) is 13.0. The molecule has 1 rings (SSSR count). The summed E-state index contributed by atoms with van der Waals surface area (Å²) in [5.74, 6) is -1.46. The van der Waals surface area contributed by atoms with E-state index in [4.69, 9.17) is 9.84 Å². The maximum absolute atomic E-state index is 11.7. The van der Waals surface area contributed by atoms with Crippen molar-refractivity contribution in [2.45, 2.75) is 45.4 Å². The molecule has 5 nitrogen and oxygen atoms in total. The molecular weight excluding hydrogens is 284 g/mol. The number of aliphatic carboxylic acids is 1. The molecule has 0 heterocycles. The molecule has 1 aromatic carbocycles. The van der Waals surface area contributed by atoms with Gasteiger partial charge in [-0.25, -0.2) is 0 Å². The van der Waals surface area contributed by atoms with E-state index in [1.165, 1.54) is 0 Å². The standard InChI is InChI=1S/C17H22O5/c1-3-22-17(21)12(2)14-9-7-13(8-10-14)11-15(18)5-4-6-16(19)20/h7-10,12H,3-6,11H2,1-2H3,(H,19,20). The van der Waals surface area contributed by atoms with Gasteiger partial charge in [0, 0.05) is 19.3 Å². The van der Waals surface area contributed by atoms with Crippen LogP contribution in [-0.4, -0.2) is 29.4 Å². The zero-order valence-corrected chi connectivity index (χ0v) is 13.0. The van der Waals surface area contributed by atoms with Gasteiger partial charge in [0.25, 0.3) is 0 Å². The molecule has 0 amide bonds. The van der Waals surface area contributed by atoms with Crippen LogP contribution in [0.1, 0.15) is 50.2 Å². The lowest BCUT2D eigenvalue weighted by molar-refractivity contribution is -0.144. The average Bonchev–Trinajstić information content (AvgIpc) is 2.47. The summed E-state index contributed by atoms with van der Waals surface area (Å²) in [6.07, 6.45) is 0.939. The lowest BCUT2D eigenvalue weighted by atomic mass is 9.98. The normalized spacial score (nSPS) is 11.7. The molecular formula is C17H22O5. The number of ketones is 1. The van der Waals surface area contributed by atoms with Gasteiger partial charge < -0.3 is 9.84 Å². The van der Waals surface area contributed by atoms with E-state index in [9.17, 15) is 14.4 Å². The van der Waals surface area contributed by atoms with E-state index in [2.05, 4.69) is 0 Å². The van der Waals surface area contributed by atoms with Crippen molar-refractivity contribution in [1.29, 1.82) is 0 Å². The molecule has 0 saturated heterocycles. The van der Waals surface area contributed by atoms with E-state index in [-0.39, 0.29) is 36.9 Å². The highest BCUT2D eigenvalue weighted by atomic mass is 16.5. The van der Waals surface area contributed by atoms with Gasteiger partial charge in [-0.15, -0.1) is 0 Å². The Morgan fingerprint density at radius 2 is 1.77 bits per heavy atom. The van der Waals surface area contributed by atoms with Crippen LogP contribution < -0.4 is 0 Å². The van der Waals surface area contributed by atoms with E-state index < -0.39 is 5.97 Å². The number of Topliss-reactive ketones (excluding diaryl/α,β-unsaturated/α-hetero) is 1. The number of carboxylic acids is 1. The van der Waals surface area contributed by atoms with E-state index >= 15 is 0 Å². The van der Waals surface area contributed by atoms with Gasteiger partial charge in [0.1, 0.15) is 5.78 Å². The van der Waals surface area contributed by atoms with Crippen molar-refractivity contribution in [3.05, 3.63) is 35.4 Å². The number of carbonyl (C=O) groups excluding carboxylic acids is 2. The van der Waals surface area contributed by atoms with E-state index in [1.807, 2.05) is 24.3 Å². The SMILES string of the molecule is CCOC(=O)C(C)c1ccc(CC(=O)CCCC(=O)O)cc1. The van der Waals surface area contributed by atoms with Crippen LogP contribution in [0.4, 0.5) is 0 Å². The molecule has 0 fully saturated rings. The van der Waals surface area contributed by atoms with Gasteiger partial charge in [-0.05, 0) is 31.4 Å². The van der Waals surface area contributed by atoms with Gasteiger partial charge in [0.15, 0.2) is 0 Å². The monoisotopic (exact) mass is 306 g/mol. The fraction of sp³-hybridized carbons (Fsp3) is 0.471. The molecule has 0 bridgehead atoms. The van der Waals surface area contributed by atoms with Gasteiger partial charge in [-0.1, -0.05) is 24.3 Å². The smallest absolute Gasteiger partial charge is 0.313 e. The summed E-state index contributed by atoms with van der Waals surface area (Å²) in [4.78, 5) is 33.8. The molecule has 0 saturated carbocycles. The van der Waals surface area contributed by atoms with Crippen molar-refractivity contribution in [3.63, 3.8) is 0 Å². The minimum atomic E-state index is -0.884. The van der Waals surface area contributed by atoms with Crippen molar-refractivity contribution >= 4 is 17.7 Å². The summed E-state index contributed by atoms with van der Waals surface area (Å²) in [6.45, 7) is 3.90. The molecule has 1 atom stereocenters. The fourth-order valence-electron chi connectivity index (χ4n) is 2.08. The maximum atomic E-state index is 11.7. The first kappa shape index (κ1) is 17.9. The Morgan fingerprint density at radius 3 is 2.32 bits per heavy atom. The second kappa shape index (κ2) is 8.97. The first-order valence-electron chi connectivity index (χ1n) is 7.43. The highest BCUT2D eigenvalue weighted by Crippen LogP contribution is 2.18. The third-order valence-electron chi connectivity index (χ3n) is 3.37. The second-order valence-corrected chi connectivity index (χ2v) is 5.18. The van der Waals surface area contributed by atoms with Gasteiger partial charge in [-0.2, -0.15) is 0 Å². The number of hydrogen-bond acceptors (Lipinski definition) is 4. The molecule has 0 aliphatic rings. The number of ether oxygens (including phenoxy) is 1. The molecule has 0 aliphatic heterocycles. The minimum Gasteiger partial charge on any atom is -0.481 e. The lowest BCUT2D eigenvalue weighted by Gasteiger charge is -2.11. The molecule has 0 spiro atoms. The molecule has 0 radical (unpaired) electrons. The Labute approximate surface area is 130 Å². The predicted molar refractivity (Wildman–Crippen MR) is 81.7 cm³/mol. The molecule has 0 aliphatic carbocycles. The van der Waals surface area contributed by atoms with Crippen LogP contribution >= 0.6 is 0 Å². The van der Waals surface area contributed by atoms with Gasteiger partial charge >= 0.3 is 11.9 Å². The van der Waals surface area contributed by atoms with Crippen LogP contribution in [0.5, 0.6) is 0 Å². The van der Waals surface area contributed by atoms with Crippen LogP contribution in [0.2, 0.25) is 0 Å². The van der Waals surface area contributed by atoms with Gasteiger partial charge in [-0.3, -0.25) is 14.4 Å². The summed E-state index contributed by atoms with van der Waals surface area (Å²) in [5, 5.41) is 8.53. The van der Waals surface area contributed by atoms with Crippen molar-refractivity contribution in [3.8, 4) is 0 Å². The number of carbonyl (C=O) groups is 3. The van der Waals surface area contributed by atoms with Crippen molar-refractivity contribution in [2.24, 2.45) is 0 Å². The summed E-state index contributed by atoms with van der Waals surface area (Å²) in [5.41, 5.74) is 1.71. The molecule has 1 N–H and O–H groups in total. The number of benzene rings is 1. The Balaban J connectivity index is 2.52. The molecule has 0 aromatic heterocycles. The van der Waals surface area contributed by atoms with Crippen LogP contribution in [0.15, 0.2) is 24.3 Å². The predicted octanol–water partition coefficient (Wildman–Crippen LogP) is 2.72. The number of esters is 1. The van der Waals surface area contributed by atoms with Crippen molar-refractivity contribution < 1.29 is 24.2 Å². The number of carboxylic acid groups (broad SMARTS) is 1. The first-order chi connectivity index (χ1) is 10.4. The molecule has 1 unspecified atom stereocenters. The quantitative estimate of drug-likeness (QED) is 0.709. The topological polar surface area (TPSA) is 80.7 Å². The van der Waals surface area contributed by atoms with Gasteiger partial charge in [0.05, 0.1) is 12.5 Å². The highest BCUT2D eigenvalue weighted by Gasteiger charge is 2.16. The van der Waals surface area contributed by atoms with Crippen LogP contribution in [0, 0.1) is 0 Å². The van der Waals surface area contributed by atoms with E-state index in [1.54, 1.807) is 13.8 Å². The Hall–Kier alpha value is -2.17. The van der Waals surface area contributed by atoms with Crippen LogP contribution in [0.25, 0.3) is 0 Å². The molecule has 22 heavy (non-hydrogen) atoms. The Kier molecular flexibility index (Phi) is 7.29. The number of rotatable bonds is 9. The lowest BCUT2D eigenvalue weighted by Crippen LogP contribution is -2.13. The first-order valence-corrected chi connectivity index (χ1v) is 7.43. The minimum absolute atomic E-state index is 0.0156. The van der Waals surface area contributed by atoms with E-state index in [0.29, 0.717) is 13.0 Å². The molecule has 120 valence electrons. The molecule has 1 aromatic rings. The van der Waals surface area contributed by atoms with Crippen molar-refractivity contribution in [2.75, 3.05) is 6.61 Å². The highest BCUT2D eigenvalue weighted by molar-refractivity contribution is 5.81. The number of hydrogen-bond donors (Lipinski definition) is 1. The third-order valence-corrected chi connectivity index (χ3v) is 3.37. The average molecular weight is 306 g/mol. The van der Waals surface area contributed by atoms with Crippen LogP contribution in [0.3, 0.4) is 0 Å².